The predicted molar refractivity (Wildman–Crippen MR) is 136 cm³/mol. The molecule has 3 rings (SSSR count). The number of hydrogen-bond donors (Lipinski definition) is 0. The molecule has 1 amide bonds. The SMILES string of the molecule is CCOc1cc(/C=C2\SC(=S)N(C)C2=O)ccc1OCCOCCOc1ccc(C)c(C)c1. The zero-order valence-corrected chi connectivity index (χ0v) is 21.0. The third-order valence-corrected chi connectivity index (χ3v) is 6.50. The minimum Gasteiger partial charge on any atom is -0.491 e. The molecule has 0 saturated carbocycles. The number of benzene rings is 2. The fraction of sp³-hybridized carbons (Fsp3) is 0.360. The molecule has 0 N–H and O–H groups in total. The number of thioether (sulfide) groups is 1. The van der Waals surface area contributed by atoms with Gasteiger partial charge in [0.1, 0.15) is 23.3 Å². The van der Waals surface area contributed by atoms with Crippen molar-refractivity contribution in [1.29, 1.82) is 0 Å². The monoisotopic (exact) mass is 487 g/mol. The van der Waals surface area contributed by atoms with E-state index in [-0.39, 0.29) is 5.91 Å². The maximum absolute atomic E-state index is 12.2. The van der Waals surface area contributed by atoms with Crippen molar-refractivity contribution in [1.82, 2.24) is 4.90 Å². The lowest BCUT2D eigenvalue weighted by atomic mass is 10.1. The lowest BCUT2D eigenvalue weighted by molar-refractivity contribution is -0.121. The number of likely N-dealkylation sites (N-methyl/N-ethyl adjacent to an activating group) is 1. The first kappa shape index (κ1) is 25.1. The molecule has 8 heteroatoms. The second kappa shape index (κ2) is 12.1. The maximum Gasteiger partial charge on any atom is 0.265 e. The predicted octanol–water partition coefficient (Wildman–Crippen LogP) is 5.01. The molecule has 0 unspecified atom stereocenters. The molecule has 0 atom stereocenters. The van der Waals surface area contributed by atoms with Gasteiger partial charge in [0.15, 0.2) is 11.5 Å². The van der Waals surface area contributed by atoms with Gasteiger partial charge in [0, 0.05) is 7.05 Å². The number of nitrogens with zero attached hydrogens (tertiary/aromatic N) is 1. The van der Waals surface area contributed by atoms with Crippen LogP contribution in [0.3, 0.4) is 0 Å². The Morgan fingerprint density at radius 2 is 1.70 bits per heavy atom. The summed E-state index contributed by atoms with van der Waals surface area (Å²) in [7, 11) is 1.68. The van der Waals surface area contributed by atoms with Crippen molar-refractivity contribution in [2.75, 3.05) is 40.1 Å². The van der Waals surface area contributed by atoms with Crippen LogP contribution in [0.1, 0.15) is 23.6 Å². The zero-order chi connectivity index (χ0) is 23.8. The number of aryl methyl sites for hydroxylation is 2. The first-order chi connectivity index (χ1) is 15.9. The van der Waals surface area contributed by atoms with Gasteiger partial charge in [-0.15, -0.1) is 0 Å². The minimum atomic E-state index is -0.0954. The molecular weight excluding hydrogens is 458 g/mol. The normalized spacial score (nSPS) is 14.8. The second-order valence-corrected chi connectivity index (χ2v) is 9.11. The molecule has 1 aliphatic heterocycles. The van der Waals surface area contributed by atoms with Crippen molar-refractivity contribution in [3.8, 4) is 17.2 Å². The first-order valence-corrected chi connectivity index (χ1v) is 12.0. The average Bonchev–Trinajstić information content (AvgIpc) is 3.03. The van der Waals surface area contributed by atoms with Crippen molar-refractivity contribution in [3.63, 3.8) is 0 Å². The van der Waals surface area contributed by atoms with Crippen LogP contribution in [0.2, 0.25) is 0 Å². The highest BCUT2D eigenvalue weighted by molar-refractivity contribution is 8.26. The third-order valence-electron chi connectivity index (χ3n) is 5.01. The van der Waals surface area contributed by atoms with E-state index >= 15 is 0 Å². The number of hydrogen-bond acceptors (Lipinski definition) is 7. The number of ether oxygens (including phenoxy) is 4. The van der Waals surface area contributed by atoms with Gasteiger partial charge in [0.25, 0.3) is 5.91 Å². The van der Waals surface area contributed by atoms with Gasteiger partial charge in [-0.05, 0) is 67.8 Å². The van der Waals surface area contributed by atoms with E-state index in [0.717, 1.165) is 11.3 Å². The molecule has 1 heterocycles. The largest absolute Gasteiger partial charge is 0.491 e. The number of carbonyl (C=O) groups is 1. The smallest absolute Gasteiger partial charge is 0.265 e. The van der Waals surface area contributed by atoms with Crippen LogP contribution in [0.15, 0.2) is 41.3 Å². The van der Waals surface area contributed by atoms with E-state index in [1.807, 2.05) is 43.3 Å². The summed E-state index contributed by atoms with van der Waals surface area (Å²) in [6, 6.07) is 11.6. The fourth-order valence-corrected chi connectivity index (χ4v) is 4.21. The van der Waals surface area contributed by atoms with Crippen LogP contribution in [0.5, 0.6) is 17.2 Å². The molecule has 1 aliphatic rings. The van der Waals surface area contributed by atoms with E-state index in [1.54, 1.807) is 7.05 Å². The van der Waals surface area contributed by atoms with Crippen LogP contribution < -0.4 is 14.2 Å². The molecule has 2 aromatic carbocycles. The van der Waals surface area contributed by atoms with E-state index in [9.17, 15) is 4.79 Å². The lowest BCUT2D eigenvalue weighted by Crippen LogP contribution is -2.22. The summed E-state index contributed by atoms with van der Waals surface area (Å²) >= 11 is 6.48. The first-order valence-electron chi connectivity index (χ1n) is 10.8. The Bertz CT molecular complexity index is 1040. The van der Waals surface area contributed by atoms with Crippen LogP contribution in [0.4, 0.5) is 0 Å². The van der Waals surface area contributed by atoms with Gasteiger partial charge in [-0.1, -0.05) is 36.1 Å². The molecule has 6 nitrogen and oxygen atoms in total. The molecule has 0 aromatic heterocycles. The number of thiocarbonyl (C=S) groups is 1. The molecule has 33 heavy (non-hydrogen) atoms. The quantitative estimate of drug-likeness (QED) is 0.251. The van der Waals surface area contributed by atoms with Gasteiger partial charge < -0.3 is 18.9 Å². The molecule has 0 bridgehead atoms. The number of rotatable bonds is 11. The Morgan fingerprint density at radius 1 is 0.939 bits per heavy atom. The summed E-state index contributed by atoms with van der Waals surface area (Å²) in [6.07, 6.45) is 1.81. The van der Waals surface area contributed by atoms with Gasteiger partial charge in [-0.25, -0.2) is 0 Å². The summed E-state index contributed by atoms with van der Waals surface area (Å²) in [6.45, 7) is 8.33. The maximum atomic E-state index is 12.2. The van der Waals surface area contributed by atoms with Crippen molar-refractivity contribution < 1.29 is 23.7 Å². The summed E-state index contributed by atoms with van der Waals surface area (Å²) in [5, 5.41) is 0. The second-order valence-electron chi connectivity index (χ2n) is 7.44. The number of carbonyl (C=O) groups excluding carboxylic acids is 1. The molecule has 176 valence electrons. The van der Waals surface area contributed by atoms with E-state index in [4.69, 9.17) is 31.2 Å². The zero-order valence-electron chi connectivity index (χ0n) is 19.4. The molecule has 1 saturated heterocycles. The van der Waals surface area contributed by atoms with Crippen LogP contribution in [-0.2, 0) is 9.53 Å². The van der Waals surface area contributed by atoms with Gasteiger partial charge in [0.2, 0.25) is 0 Å². The van der Waals surface area contributed by atoms with Crippen molar-refractivity contribution in [3.05, 3.63) is 58.0 Å². The highest BCUT2D eigenvalue weighted by Crippen LogP contribution is 2.34. The van der Waals surface area contributed by atoms with Gasteiger partial charge in [-0.2, -0.15) is 0 Å². The lowest BCUT2D eigenvalue weighted by Gasteiger charge is -2.13. The molecule has 0 radical (unpaired) electrons. The number of amides is 1. The third kappa shape index (κ3) is 6.96. The van der Waals surface area contributed by atoms with Crippen LogP contribution in [0, 0.1) is 13.8 Å². The summed E-state index contributed by atoms with van der Waals surface area (Å²) in [4.78, 5) is 14.3. The standard InChI is InChI=1S/C25H29NO5S2/c1-5-29-22-15-19(16-23-24(27)26(4)25(32)33-23)7-9-21(22)31-13-11-28-10-12-30-20-8-6-17(2)18(3)14-20/h6-9,14-16H,5,10-13H2,1-4H3/b23-16-. The van der Waals surface area contributed by atoms with Crippen LogP contribution in [0.25, 0.3) is 6.08 Å². The fourth-order valence-electron chi connectivity index (χ4n) is 3.03. The van der Waals surface area contributed by atoms with Crippen molar-refractivity contribution in [2.45, 2.75) is 20.8 Å². The Balaban J connectivity index is 1.46. The van der Waals surface area contributed by atoms with Crippen LogP contribution >= 0.6 is 24.0 Å². The molecular formula is C25H29NO5S2. The Labute approximate surface area is 204 Å². The highest BCUT2D eigenvalue weighted by atomic mass is 32.2. The Morgan fingerprint density at radius 3 is 2.36 bits per heavy atom. The van der Waals surface area contributed by atoms with Gasteiger partial charge in [0.05, 0.1) is 24.7 Å². The topological polar surface area (TPSA) is 57.2 Å². The highest BCUT2D eigenvalue weighted by Gasteiger charge is 2.28. The Kier molecular flexibility index (Phi) is 9.17. The molecule has 1 fully saturated rings. The average molecular weight is 488 g/mol. The Hall–Kier alpha value is -2.55. The van der Waals surface area contributed by atoms with Gasteiger partial charge in [-0.3, -0.25) is 9.69 Å². The summed E-state index contributed by atoms with van der Waals surface area (Å²) in [5.74, 6) is 2.01. The van der Waals surface area contributed by atoms with E-state index < -0.39 is 0 Å². The minimum absolute atomic E-state index is 0.0954. The van der Waals surface area contributed by atoms with Crippen LogP contribution in [-0.4, -0.2) is 55.2 Å². The van der Waals surface area contributed by atoms with E-state index in [2.05, 4.69) is 19.9 Å². The van der Waals surface area contributed by atoms with Crippen molar-refractivity contribution >= 4 is 40.3 Å². The van der Waals surface area contributed by atoms with E-state index in [0.29, 0.717) is 53.8 Å². The molecule has 2 aromatic rings. The van der Waals surface area contributed by atoms with E-state index in [1.165, 1.54) is 27.8 Å². The summed E-state index contributed by atoms with van der Waals surface area (Å²) < 4.78 is 23.5. The molecule has 0 spiro atoms. The van der Waals surface area contributed by atoms with Gasteiger partial charge >= 0.3 is 0 Å². The van der Waals surface area contributed by atoms with Crippen molar-refractivity contribution in [2.24, 2.45) is 0 Å². The summed E-state index contributed by atoms with van der Waals surface area (Å²) in [5.41, 5.74) is 3.30. The molecule has 0 aliphatic carbocycles.